The predicted molar refractivity (Wildman–Crippen MR) is 73.0 cm³/mol. The van der Waals surface area contributed by atoms with Crippen LogP contribution in [0.15, 0.2) is 22.7 Å². The minimum atomic E-state index is -0.310. The molecule has 2 rings (SSSR count). The second-order valence-electron chi connectivity index (χ2n) is 4.87. The number of benzene rings is 1. The van der Waals surface area contributed by atoms with E-state index in [-0.39, 0.29) is 17.0 Å². The molecular formula is C14H17BrFNO. The molecule has 2 nitrogen and oxygen atoms in total. The molecule has 1 atom stereocenters. The molecule has 98 valence electrons. The molecule has 1 aromatic rings. The van der Waals surface area contributed by atoms with E-state index in [0.717, 1.165) is 31.5 Å². The Morgan fingerprint density at radius 3 is 2.94 bits per heavy atom. The fraction of sp³-hybridized carbons (Fsp3) is 0.500. The lowest BCUT2D eigenvalue weighted by Gasteiger charge is -2.25. The zero-order valence-corrected chi connectivity index (χ0v) is 12.0. The van der Waals surface area contributed by atoms with Gasteiger partial charge in [0.1, 0.15) is 11.6 Å². The van der Waals surface area contributed by atoms with Gasteiger partial charge >= 0.3 is 0 Å². The van der Waals surface area contributed by atoms with E-state index in [9.17, 15) is 9.18 Å². The maximum atomic E-state index is 13.4. The number of hydrogen-bond acceptors (Lipinski definition) is 2. The van der Waals surface area contributed by atoms with Gasteiger partial charge in [-0.25, -0.2) is 4.39 Å². The van der Waals surface area contributed by atoms with Crippen molar-refractivity contribution in [2.75, 3.05) is 13.1 Å². The van der Waals surface area contributed by atoms with Gasteiger partial charge in [0.25, 0.3) is 0 Å². The average Bonchev–Trinajstić information content (AvgIpc) is 2.85. The molecule has 1 heterocycles. The summed E-state index contributed by atoms with van der Waals surface area (Å²) in [7, 11) is 0. The van der Waals surface area contributed by atoms with Gasteiger partial charge in [-0.1, -0.05) is 19.1 Å². The summed E-state index contributed by atoms with van der Waals surface area (Å²) in [6, 6.07) is 4.84. The van der Waals surface area contributed by atoms with Crippen LogP contribution in [-0.2, 0) is 11.2 Å². The highest BCUT2D eigenvalue weighted by Gasteiger charge is 2.38. The minimum absolute atomic E-state index is 0.210. The normalized spacial score (nSPS) is 23.3. The van der Waals surface area contributed by atoms with Crippen LogP contribution < -0.4 is 5.32 Å². The first-order valence-electron chi connectivity index (χ1n) is 6.26. The Labute approximate surface area is 115 Å². The molecule has 1 saturated heterocycles. The van der Waals surface area contributed by atoms with Gasteiger partial charge in [0, 0.05) is 18.4 Å². The van der Waals surface area contributed by atoms with E-state index in [0.29, 0.717) is 10.9 Å². The lowest BCUT2D eigenvalue weighted by molar-refractivity contribution is -0.127. The molecule has 0 saturated carbocycles. The molecule has 1 N–H and O–H groups in total. The number of carbonyl (C=O) groups excluding carboxylic acids is 1. The molecule has 1 aliphatic heterocycles. The number of ketones is 1. The minimum Gasteiger partial charge on any atom is -0.316 e. The number of halogens is 2. The van der Waals surface area contributed by atoms with Crippen molar-refractivity contribution in [1.82, 2.24) is 5.32 Å². The molecule has 0 aliphatic carbocycles. The number of hydrogen-bond donors (Lipinski definition) is 1. The molecule has 0 bridgehead atoms. The second-order valence-corrected chi connectivity index (χ2v) is 5.67. The average molecular weight is 314 g/mol. The van der Waals surface area contributed by atoms with Crippen LogP contribution in [0.1, 0.15) is 25.3 Å². The van der Waals surface area contributed by atoms with E-state index in [1.54, 1.807) is 12.1 Å². The monoisotopic (exact) mass is 313 g/mol. The van der Waals surface area contributed by atoms with Gasteiger partial charge in [-0.15, -0.1) is 0 Å². The molecule has 0 spiro atoms. The Bertz CT molecular complexity index is 455. The van der Waals surface area contributed by atoms with E-state index >= 15 is 0 Å². The van der Waals surface area contributed by atoms with E-state index in [1.165, 1.54) is 6.07 Å². The van der Waals surface area contributed by atoms with Crippen LogP contribution >= 0.6 is 15.9 Å². The summed E-state index contributed by atoms with van der Waals surface area (Å²) in [5.74, 6) is -0.100. The standard InChI is InChI=1S/C14H17BrFNO/c1-2-14(6-7-17-9-14)12(18)8-10-4-3-5-11(16)13(10)15/h3-5,17H,2,6-9H2,1H3. The summed E-state index contributed by atoms with van der Waals surface area (Å²) in [6.45, 7) is 3.69. The van der Waals surface area contributed by atoms with Crippen molar-refractivity contribution in [1.29, 1.82) is 0 Å². The Morgan fingerprint density at radius 2 is 2.33 bits per heavy atom. The van der Waals surface area contributed by atoms with E-state index in [1.807, 2.05) is 6.92 Å². The Balaban J connectivity index is 2.18. The van der Waals surface area contributed by atoms with E-state index in [2.05, 4.69) is 21.2 Å². The molecule has 18 heavy (non-hydrogen) atoms. The van der Waals surface area contributed by atoms with Crippen molar-refractivity contribution in [2.24, 2.45) is 5.41 Å². The third-order valence-corrected chi connectivity index (χ3v) is 4.78. The first-order valence-corrected chi connectivity index (χ1v) is 7.05. The largest absolute Gasteiger partial charge is 0.316 e. The van der Waals surface area contributed by atoms with Crippen LogP contribution in [0.4, 0.5) is 4.39 Å². The lowest BCUT2D eigenvalue weighted by atomic mass is 9.78. The molecule has 0 radical (unpaired) electrons. The number of nitrogens with one attached hydrogen (secondary N) is 1. The van der Waals surface area contributed by atoms with Gasteiger partial charge in [-0.2, -0.15) is 0 Å². The van der Waals surface area contributed by atoms with Crippen molar-refractivity contribution in [3.8, 4) is 0 Å². The van der Waals surface area contributed by atoms with Gasteiger partial charge in [0.15, 0.2) is 0 Å². The maximum absolute atomic E-state index is 13.4. The first kappa shape index (κ1) is 13.7. The summed E-state index contributed by atoms with van der Waals surface area (Å²) in [5.41, 5.74) is 0.478. The number of Topliss-reactive ketones (excluding diaryl/α,β-unsaturated/α-hetero) is 1. The maximum Gasteiger partial charge on any atom is 0.144 e. The third kappa shape index (κ3) is 2.50. The molecule has 1 aromatic carbocycles. The lowest BCUT2D eigenvalue weighted by Crippen LogP contribution is -2.34. The van der Waals surface area contributed by atoms with Crippen molar-refractivity contribution in [2.45, 2.75) is 26.2 Å². The molecule has 1 fully saturated rings. The van der Waals surface area contributed by atoms with Crippen molar-refractivity contribution >= 4 is 21.7 Å². The highest BCUT2D eigenvalue weighted by Crippen LogP contribution is 2.33. The molecule has 4 heteroatoms. The van der Waals surface area contributed by atoms with Crippen LogP contribution in [0.2, 0.25) is 0 Å². The van der Waals surface area contributed by atoms with Crippen LogP contribution in [0.5, 0.6) is 0 Å². The van der Waals surface area contributed by atoms with Gasteiger partial charge in [-0.05, 0) is 46.9 Å². The quantitative estimate of drug-likeness (QED) is 0.925. The zero-order chi connectivity index (χ0) is 13.2. The second kappa shape index (κ2) is 5.49. The highest BCUT2D eigenvalue weighted by atomic mass is 79.9. The van der Waals surface area contributed by atoms with Crippen LogP contribution in [0, 0.1) is 11.2 Å². The van der Waals surface area contributed by atoms with E-state index in [4.69, 9.17) is 0 Å². The van der Waals surface area contributed by atoms with Gasteiger partial charge in [0.2, 0.25) is 0 Å². The topological polar surface area (TPSA) is 29.1 Å². The molecule has 0 aromatic heterocycles. The fourth-order valence-corrected chi connectivity index (χ4v) is 2.93. The van der Waals surface area contributed by atoms with Crippen molar-refractivity contribution in [3.05, 3.63) is 34.1 Å². The number of rotatable bonds is 4. The summed E-state index contributed by atoms with van der Waals surface area (Å²) >= 11 is 3.21. The molecule has 1 aliphatic rings. The summed E-state index contributed by atoms with van der Waals surface area (Å²) in [6.07, 6.45) is 2.02. The van der Waals surface area contributed by atoms with Crippen LogP contribution in [0.25, 0.3) is 0 Å². The summed E-state index contributed by atoms with van der Waals surface area (Å²) in [5, 5.41) is 3.25. The third-order valence-electron chi connectivity index (χ3n) is 3.89. The first-order chi connectivity index (χ1) is 8.59. The number of carbonyl (C=O) groups is 1. The predicted octanol–water partition coefficient (Wildman–Crippen LogP) is 3.09. The molecular weight excluding hydrogens is 297 g/mol. The van der Waals surface area contributed by atoms with Gasteiger partial charge in [-0.3, -0.25) is 4.79 Å². The Hall–Kier alpha value is -0.740. The van der Waals surface area contributed by atoms with Crippen LogP contribution in [-0.4, -0.2) is 18.9 Å². The summed E-state index contributed by atoms with van der Waals surface area (Å²) in [4.78, 5) is 12.4. The molecule has 1 unspecified atom stereocenters. The SMILES string of the molecule is CCC1(C(=O)Cc2cccc(F)c2Br)CCNC1. The Kier molecular flexibility index (Phi) is 4.17. The van der Waals surface area contributed by atoms with Crippen LogP contribution in [0.3, 0.4) is 0 Å². The van der Waals surface area contributed by atoms with E-state index < -0.39 is 0 Å². The van der Waals surface area contributed by atoms with Crippen molar-refractivity contribution < 1.29 is 9.18 Å². The smallest absolute Gasteiger partial charge is 0.144 e. The van der Waals surface area contributed by atoms with Crippen molar-refractivity contribution in [3.63, 3.8) is 0 Å². The van der Waals surface area contributed by atoms with Gasteiger partial charge in [0.05, 0.1) is 4.47 Å². The Morgan fingerprint density at radius 1 is 1.56 bits per heavy atom. The molecule has 0 amide bonds. The fourth-order valence-electron chi connectivity index (χ4n) is 2.53. The van der Waals surface area contributed by atoms with Gasteiger partial charge < -0.3 is 5.32 Å². The summed E-state index contributed by atoms with van der Waals surface area (Å²) < 4.78 is 13.8. The highest BCUT2D eigenvalue weighted by molar-refractivity contribution is 9.10. The zero-order valence-electron chi connectivity index (χ0n) is 10.4.